The topological polar surface area (TPSA) is 45.7 Å². The molecule has 4 aromatic rings. The minimum Gasteiger partial charge on any atom is -0.506 e. The third-order valence-electron chi connectivity index (χ3n) is 3.70. The van der Waals surface area contributed by atoms with Crippen molar-refractivity contribution in [1.29, 1.82) is 0 Å². The highest BCUT2D eigenvalue weighted by Crippen LogP contribution is 2.37. The molecule has 0 spiro atoms. The van der Waals surface area contributed by atoms with Crippen LogP contribution in [0.1, 0.15) is 5.56 Å². The number of halogens is 1. The van der Waals surface area contributed by atoms with Gasteiger partial charge in [-0.05, 0) is 29.8 Å². The van der Waals surface area contributed by atoms with Crippen molar-refractivity contribution in [2.75, 3.05) is 0 Å². The standard InChI is InChI=1S/C19H12BrNO2/c20-13-7-5-12(6-8-13)11-21-16-10-19-15(9-17(16)22)14-3-1-2-4-18(14)23-19/h1-11,22H/b21-11+. The van der Waals surface area contributed by atoms with Gasteiger partial charge < -0.3 is 9.52 Å². The van der Waals surface area contributed by atoms with Crippen LogP contribution in [-0.2, 0) is 0 Å². The molecule has 0 radical (unpaired) electrons. The molecule has 1 aromatic heterocycles. The Kier molecular flexibility index (Phi) is 3.39. The number of fused-ring (bicyclic) bond motifs is 3. The molecule has 23 heavy (non-hydrogen) atoms. The number of phenols is 1. The molecule has 1 heterocycles. The zero-order chi connectivity index (χ0) is 15.8. The van der Waals surface area contributed by atoms with Crippen LogP contribution < -0.4 is 0 Å². The molecule has 0 aliphatic carbocycles. The fourth-order valence-electron chi connectivity index (χ4n) is 2.55. The number of nitrogens with zero attached hydrogens (tertiary/aromatic N) is 1. The van der Waals surface area contributed by atoms with Crippen LogP contribution in [0.2, 0.25) is 0 Å². The maximum Gasteiger partial charge on any atom is 0.142 e. The van der Waals surface area contributed by atoms with E-state index in [2.05, 4.69) is 20.9 Å². The summed E-state index contributed by atoms with van der Waals surface area (Å²) in [5.74, 6) is 0.136. The van der Waals surface area contributed by atoms with Gasteiger partial charge in [0.1, 0.15) is 22.6 Å². The second-order valence-electron chi connectivity index (χ2n) is 5.25. The molecule has 0 amide bonds. The molecule has 0 aliphatic rings. The molecular formula is C19H12BrNO2. The summed E-state index contributed by atoms with van der Waals surface area (Å²) < 4.78 is 6.84. The van der Waals surface area contributed by atoms with Crippen molar-refractivity contribution in [1.82, 2.24) is 0 Å². The van der Waals surface area contributed by atoms with Crippen LogP contribution in [-0.4, -0.2) is 11.3 Å². The Labute approximate surface area is 141 Å². The largest absolute Gasteiger partial charge is 0.506 e. The first-order valence-electron chi connectivity index (χ1n) is 7.14. The van der Waals surface area contributed by atoms with Crippen LogP contribution in [0.25, 0.3) is 21.9 Å². The van der Waals surface area contributed by atoms with Gasteiger partial charge in [-0.1, -0.05) is 46.3 Å². The molecule has 4 heteroatoms. The number of aromatic hydroxyl groups is 1. The van der Waals surface area contributed by atoms with Crippen molar-refractivity contribution in [3.05, 3.63) is 70.7 Å². The van der Waals surface area contributed by atoms with E-state index in [0.29, 0.717) is 11.3 Å². The van der Waals surface area contributed by atoms with Crippen molar-refractivity contribution < 1.29 is 9.52 Å². The van der Waals surface area contributed by atoms with E-state index in [1.807, 2.05) is 48.5 Å². The van der Waals surface area contributed by atoms with Crippen LogP contribution in [0, 0.1) is 0 Å². The number of benzene rings is 3. The van der Waals surface area contributed by atoms with Gasteiger partial charge in [-0.15, -0.1) is 0 Å². The van der Waals surface area contributed by atoms with E-state index < -0.39 is 0 Å². The molecule has 3 nitrogen and oxygen atoms in total. The van der Waals surface area contributed by atoms with Crippen LogP contribution >= 0.6 is 15.9 Å². The van der Waals surface area contributed by atoms with E-state index in [1.54, 1.807) is 18.3 Å². The third kappa shape index (κ3) is 2.62. The van der Waals surface area contributed by atoms with Crippen molar-refractivity contribution in [3.63, 3.8) is 0 Å². The number of hydrogen-bond donors (Lipinski definition) is 1. The molecule has 0 bridgehead atoms. The van der Waals surface area contributed by atoms with Gasteiger partial charge in [-0.25, -0.2) is 0 Å². The van der Waals surface area contributed by atoms with Gasteiger partial charge in [-0.2, -0.15) is 0 Å². The van der Waals surface area contributed by atoms with E-state index >= 15 is 0 Å². The van der Waals surface area contributed by atoms with Gasteiger partial charge in [-0.3, -0.25) is 4.99 Å². The van der Waals surface area contributed by atoms with Gasteiger partial charge in [0.05, 0.1) is 0 Å². The van der Waals surface area contributed by atoms with E-state index in [4.69, 9.17) is 4.42 Å². The first kappa shape index (κ1) is 14.0. The monoisotopic (exact) mass is 365 g/mol. The summed E-state index contributed by atoms with van der Waals surface area (Å²) in [6.45, 7) is 0. The number of hydrogen-bond acceptors (Lipinski definition) is 3. The minimum atomic E-state index is 0.136. The molecule has 4 rings (SSSR count). The number of para-hydroxylation sites is 1. The summed E-state index contributed by atoms with van der Waals surface area (Å²) in [5, 5.41) is 12.1. The second-order valence-corrected chi connectivity index (χ2v) is 6.16. The van der Waals surface area contributed by atoms with Gasteiger partial charge in [0, 0.05) is 27.5 Å². The number of furan rings is 1. The fourth-order valence-corrected chi connectivity index (χ4v) is 2.81. The Balaban J connectivity index is 1.79. The third-order valence-corrected chi connectivity index (χ3v) is 4.23. The van der Waals surface area contributed by atoms with Crippen LogP contribution in [0.4, 0.5) is 5.69 Å². The number of aliphatic imine (C=N–C) groups is 1. The summed E-state index contributed by atoms with van der Waals surface area (Å²) in [6, 6.07) is 19.0. The van der Waals surface area contributed by atoms with Crippen molar-refractivity contribution in [2.45, 2.75) is 0 Å². The summed E-state index contributed by atoms with van der Waals surface area (Å²) in [7, 11) is 0. The first-order chi connectivity index (χ1) is 11.2. The highest BCUT2D eigenvalue weighted by atomic mass is 79.9. The predicted octanol–water partition coefficient (Wildman–Crippen LogP) is 5.80. The van der Waals surface area contributed by atoms with Gasteiger partial charge >= 0.3 is 0 Å². The van der Waals surface area contributed by atoms with Crippen LogP contribution in [0.15, 0.2) is 74.5 Å². The van der Waals surface area contributed by atoms with Crippen LogP contribution in [0.3, 0.4) is 0 Å². The molecule has 3 aromatic carbocycles. The molecule has 0 unspecified atom stereocenters. The average Bonchev–Trinajstić information content (AvgIpc) is 2.92. The van der Waals surface area contributed by atoms with Crippen molar-refractivity contribution in [3.8, 4) is 5.75 Å². The quantitative estimate of drug-likeness (QED) is 0.456. The van der Waals surface area contributed by atoms with E-state index in [9.17, 15) is 5.11 Å². The lowest BCUT2D eigenvalue weighted by Gasteiger charge is -1.99. The predicted molar refractivity (Wildman–Crippen MR) is 96.8 cm³/mol. The number of phenolic OH excluding ortho intramolecular Hbond substituents is 1. The van der Waals surface area contributed by atoms with Crippen molar-refractivity contribution in [2.24, 2.45) is 4.99 Å². The second kappa shape index (κ2) is 5.56. The van der Waals surface area contributed by atoms with Gasteiger partial charge in [0.15, 0.2) is 0 Å². The number of rotatable bonds is 2. The Morgan fingerprint density at radius 2 is 1.70 bits per heavy atom. The Morgan fingerprint density at radius 1 is 0.913 bits per heavy atom. The smallest absolute Gasteiger partial charge is 0.142 e. The summed E-state index contributed by atoms with van der Waals surface area (Å²) in [4.78, 5) is 4.38. The summed E-state index contributed by atoms with van der Waals surface area (Å²) >= 11 is 3.40. The summed E-state index contributed by atoms with van der Waals surface area (Å²) in [6.07, 6.45) is 1.72. The fraction of sp³-hybridized carbons (Fsp3) is 0. The molecule has 0 saturated carbocycles. The Hall–Kier alpha value is -2.59. The molecule has 0 aliphatic heterocycles. The maximum absolute atomic E-state index is 10.2. The Bertz CT molecular complexity index is 1030. The highest BCUT2D eigenvalue weighted by molar-refractivity contribution is 9.10. The van der Waals surface area contributed by atoms with E-state index in [1.165, 1.54) is 0 Å². The highest BCUT2D eigenvalue weighted by Gasteiger charge is 2.10. The minimum absolute atomic E-state index is 0.136. The Morgan fingerprint density at radius 3 is 2.52 bits per heavy atom. The lowest BCUT2D eigenvalue weighted by atomic mass is 10.1. The van der Waals surface area contributed by atoms with Gasteiger partial charge in [0.2, 0.25) is 0 Å². The SMILES string of the molecule is Oc1cc2c(cc1/N=C/c1ccc(Br)cc1)oc1ccccc12. The summed E-state index contributed by atoms with van der Waals surface area (Å²) in [5.41, 5.74) is 2.96. The normalized spacial score (nSPS) is 11.7. The molecular weight excluding hydrogens is 354 g/mol. The van der Waals surface area contributed by atoms with Crippen molar-refractivity contribution >= 4 is 49.8 Å². The first-order valence-corrected chi connectivity index (χ1v) is 7.94. The van der Waals surface area contributed by atoms with E-state index in [0.717, 1.165) is 26.4 Å². The van der Waals surface area contributed by atoms with Crippen LogP contribution in [0.5, 0.6) is 5.75 Å². The zero-order valence-corrected chi connectivity index (χ0v) is 13.6. The zero-order valence-electron chi connectivity index (χ0n) is 12.0. The molecule has 1 N–H and O–H groups in total. The molecule has 0 atom stereocenters. The molecule has 112 valence electrons. The maximum atomic E-state index is 10.2. The molecule has 0 saturated heterocycles. The van der Waals surface area contributed by atoms with Gasteiger partial charge in [0.25, 0.3) is 0 Å². The van der Waals surface area contributed by atoms with E-state index in [-0.39, 0.29) is 5.75 Å². The lowest BCUT2D eigenvalue weighted by molar-refractivity contribution is 0.477. The molecule has 0 fully saturated rings. The lowest BCUT2D eigenvalue weighted by Crippen LogP contribution is -1.79. The average molecular weight is 366 g/mol.